The Labute approximate surface area is 141 Å². The normalized spacial score (nSPS) is 13.0. The highest BCUT2D eigenvalue weighted by Gasteiger charge is 2.35. The molecule has 1 aromatic rings. The minimum absolute atomic E-state index is 0. The third-order valence-corrected chi connectivity index (χ3v) is 5.09. The Morgan fingerprint density at radius 1 is 1.17 bits per heavy atom. The lowest BCUT2D eigenvalue weighted by Gasteiger charge is -2.28. The van der Waals surface area contributed by atoms with E-state index >= 15 is 0 Å². The Morgan fingerprint density at radius 2 is 1.70 bits per heavy atom. The second-order valence-electron chi connectivity index (χ2n) is 6.04. The fourth-order valence-electron chi connectivity index (χ4n) is 2.00. The van der Waals surface area contributed by atoms with Crippen molar-refractivity contribution in [2.75, 3.05) is 20.1 Å². The molecule has 134 valence electrons. The number of sulfonamides is 1. The summed E-state index contributed by atoms with van der Waals surface area (Å²) in [5, 5.41) is 0. The van der Waals surface area contributed by atoms with Gasteiger partial charge < -0.3 is 5.73 Å². The van der Waals surface area contributed by atoms with E-state index < -0.39 is 32.9 Å². The molecule has 0 bridgehead atoms. The fourth-order valence-corrected chi connectivity index (χ4v) is 3.41. The van der Waals surface area contributed by atoms with Gasteiger partial charge in [0.2, 0.25) is 10.0 Å². The van der Waals surface area contributed by atoms with Gasteiger partial charge in [-0.1, -0.05) is 32.0 Å². The van der Waals surface area contributed by atoms with E-state index in [-0.39, 0.29) is 31.1 Å². The third-order valence-electron chi connectivity index (χ3n) is 3.34. The van der Waals surface area contributed by atoms with Crippen LogP contribution in [-0.2, 0) is 22.0 Å². The van der Waals surface area contributed by atoms with Gasteiger partial charge in [-0.3, -0.25) is 0 Å². The number of hydrogen-bond donors (Lipinski definition) is 1. The van der Waals surface area contributed by atoms with Gasteiger partial charge in [0.15, 0.2) is 0 Å². The summed E-state index contributed by atoms with van der Waals surface area (Å²) in [5.74, 6) is -0.695. The zero-order valence-electron chi connectivity index (χ0n) is 13.2. The van der Waals surface area contributed by atoms with E-state index in [1.807, 2.05) is 0 Å². The molecule has 0 saturated carbocycles. The van der Waals surface area contributed by atoms with Crippen LogP contribution in [0.15, 0.2) is 24.3 Å². The molecule has 0 amide bonds. The van der Waals surface area contributed by atoms with Gasteiger partial charge in [-0.2, -0.15) is 13.2 Å². The van der Waals surface area contributed by atoms with Crippen molar-refractivity contribution >= 4 is 22.4 Å². The Hall–Kier alpha value is -0.830. The molecule has 0 heterocycles. The summed E-state index contributed by atoms with van der Waals surface area (Å²) < 4.78 is 64.4. The lowest BCUT2D eigenvalue weighted by molar-refractivity contribution is -0.138. The molecule has 0 atom stereocenters. The van der Waals surface area contributed by atoms with Crippen molar-refractivity contribution in [2.24, 2.45) is 11.1 Å². The number of nitrogens with two attached hydrogens (primary N) is 1. The second kappa shape index (κ2) is 7.83. The minimum atomic E-state index is -4.58. The highest BCUT2D eigenvalue weighted by atomic mass is 35.5. The second-order valence-corrected chi connectivity index (χ2v) is 8.11. The monoisotopic (exact) mass is 374 g/mol. The molecule has 0 radical (unpaired) electrons. The maximum Gasteiger partial charge on any atom is 0.416 e. The van der Waals surface area contributed by atoms with Crippen molar-refractivity contribution in [1.29, 1.82) is 0 Å². The summed E-state index contributed by atoms with van der Waals surface area (Å²) in [6, 6.07) is 4.70. The van der Waals surface area contributed by atoms with Crippen molar-refractivity contribution in [3.05, 3.63) is 35.4 Å². The quantitative estimate of drug-likeness (QED) is 0.832. The van der Waals surface area contributed by atoms with Gasteiger partial charge in [0, 0.05) is 13.6 Å². The first-order valence-corrected chi connectivity index (χ1v) is 8.29. The molecule has 23 heavy (non-hydrogen) atoms. The molecule has 0 aromatic heterocycles. The fraction of sp³-hybridized carbons (Fsp3) is 0.571. The molecule has 0 unspecified atom stereocenters. The van der Waals surface area contributed by atoms with Crippen molar-refractivity contribution in [3.63, 3.8) is 0 Å². The largest absolute Gasteiger partial charge is 0.416 e. The molecule has 1 aromatic carbocycles. The van der Waals surface area contributed by atoms with Gasteiger partial charge in [-0.15, -0.1) is 12.4 Å². The van der Waals surface area contributed by atoms with Crippen LogP contribution in [0.2, 0.25) is 0 Å². The number of benzene rings is 1. The zero-order valence-corrected chi connectivity index (χ0v) is 14.9. The number of alkyl halides is 3. The summed E-state index contributed by atoms with van der Waals surface area (Å²) >= 11 is 0. The topological polar surface area (TPSA) is 63.4 Å². The highest BCUT2D eigenvalue weighted by molar-refractivity contribution is 7.88. The van der Waals surface area contributed by atoms with E-state index in [1.165, 1.54) is 25.2 Å². The minimum Gasteiger partial charge on any atom is -0.330 e. The molecular formula is C14H22ClF3N2O2S. The van der Waals surface area contributed by atoms with E-state index in [0.29, 0.717) is 0 Å². The first kappa shape index (κ1) is 22.2. The third kappa shape index (κ3) is 6.29. The van der Waals surface area contributed by atoms with Crippen LogP contribution in [0.1, 0.15) is 25.0 Å². The summed E-state index contributed by atoms with van der Waals surface area (Å²) in [5.41, 5.74) is 3.93. The number of rotatable bonds is 6. The zero-order chi connectivity index (χ0) is 17.2. The first-order valence-electron chi connectivity index (χ1n) is 6.68. The average Bonchev–Trinajstić information content (AvgIpc) is 2.37. The summed E-state index contributed by atoms with van der Waals surface area (Å²) in [7, 11) is -2.51. The van der Waals surface area contributed by atoms with Crippen molar-refractivity contribution in [1.82, 2.24) is 4.31 Å². The lowest BCUT2D eigenvalue weighted by atomic mass is 9.94. The van der Waals surface area contributed by atoms with E-state index in [1.54, 1.807) is 13.8 Å². The van der Waals surface area contributed by atoms with Gasteiger partial charge in [0.05, 0.1) is 11.3 Å². The maximum atomic E-state index is 12.9. The number of hydrogen-bond acceptors (Lipinski definition) is 3. The molecule has 0 aliphatic carbocycles. The smallest absolute Gasteiger partial charge is 0.330 e. The van der Waals surface area contributed by atoms with Crippen LogP contribution in [0.25, 0.3) is 0 Å². The van der Waals surface area contributed by atoms with E-state index in [0.717, 1.165) is 10.4 Å². The number of nitrogens with zero attached hydrogens (tertiary/aromatic N) is 1. The molecule has 0 aliphatic heterocycles. The Bertz CT molecular complexity index is 619. The van der Waals surface area contributed by atoms with Crippen LogP contribution in [0, 0.1) is 5.41 Å². The van der Waals surface area contributed by atoms with Crippen LogP contribution >= 0.6 is 12.4 Å². The van der Waals surface area contributed by atoms with Crippen LogP contribution in [0.3, 0.4) is 0 Å². The molecule has 0 fully saturated rings. The van der Waals surface area contributed by atoms with E-state index in [4.69, 9.17) is 5.73 Å². The van der Waals surface area contributed by atoms with Crippen LogP contribution in [0.4, 0.5) is 13.2 Å². The van der Waals surface area contributed by atoms with Crippen LogP contribution < -0.4 is 5.73 Å². The summed E-state index contributed by atoms with van der Waals surface area (Å²) in [6.07, 6.45) is -4.58. The number of halogens is 4. The summed E-state index contributed by atoms with van der Waals surface area (Å²) in [6.45, 7) is 4.00. The Morgan fingerprint density at radius 3 is 2.17 bits per heavy atom. The van der Waals surface area contributed by atoms with Crippen molar-refractivity contribution in [3.8, 4) is 0 Å². The van der Waals surface area contributed by atoms with Gasteiger partial charge >= 0.3 is 6.18 Å². The van der Waals surface area contributed by atoms with Crippen molar-refractivity contribution in [2.45, 2.75) is 25.8 Å². The van der Waals surface area contributed by atoms with Gasteiger partial charge in [0.1, 0.15) is 0 Å². The molecule has 2 N–H and O–H groups in total. The van der Waals surface area contributed by atoms with Crippen LogP contribution in [-0.4, -0.2) is 32.9 Å². The Balaban J connectivity index is 0.00000484. The molecule has 4 nitrogen and oxygen atoms in total. The van der Waals surface area contributed by atoms with Crippen molar-refractivity contribution < 1.29 is 21.6 Å². The van der Waals surface area contributed by atoms with Gasteiger partial charge in [-0.25, -0.2) is 12.7 Å². The summed E-state index contributed by atoms with van der Waals surface area (Å²) in [4.78, 5) is 0. The molecule has 9 heteroatoms. The van der Waals surface area contributed by atoms with E-state index in [2.05, 4.69) is 0 Å². The van der Waals surface area contributed by atoms with E-state index in [9.17, 15) is 21.6 Å². The molecule has 0 saturated heterocycles. The first-order chi connectivity index (χ1) is 9.89. The average molecular weight is 375 g/mol. The molecule has 1 rings (SSSR count). The molecular weight excluding hydrogens is 353 g/mol. The van der Waals surface area contributed by atoms with Gasteiger partial charge in [-0.05, 0) is 23.6 Å². The molecule has 0 aliphatic rings. The maximum absolute atomic E-state index is 12.9. The predicted octanol–water partition coefficient (Wildman–Crippen LogP) is 2.87. The standard InChI is InChI=1S/C14H21F3N2O2S.ClH/c1-13(2,9-18)10-19(3)22(20,21)8-11-6-4-5-7-12(11)14(15,16)17;/h4-7H,8-10,18H2,1-3H3;1H. The van der Waals surface area contributed by atoms with Crippen LogP contribution in [0.5, 0.6) is 0 Å². The lowest BCUT2D eigenvalue weighted by Crippen LogP contribution is -2.40. The Kier molecular flexibility index (Phi) is 7.55. The highest BCUT2D eigenvalue weighted by Crippen LogP contribution is 2.33. The predicted molar refractivity (Wildman–Crippen MR) is 86.8 cm³/mol. The molecule has 0 spiro atoms. The SMILES string of the molecule is CN(CC(C)(C)CN)S(=O)(=O)Cc1ccccc1C(F)(F)F.Cl. The van der Waals surface area contributed by atoms with Gasteiger partial charge in [0.25, 0.3) is 0 Å².